The third-order valence-corrected chi connectivity index (χ3v) is 5.17. The van der Waals surface area contributed by atoms with Gasteiger partial charge in [0.05, 0.1) is 6.04 Å². The Kier molecular flexibility index (Phi) is 3.74. The van der Waals surface area contributed by atoms with E-state index in [-0.39, 0.29) is 6.04 Å². The van der Waals surface area contributed by atoms with Crippen molar-refractivity contribution < 1.29 is 8.78 Å². The standard InChI is InChI=1S/C16H17F2NS/c1-10(19-12-6-7-13(17)14(18)9-12)16-8-11-4-2-3-5-15(11)20-16/h6-10,19H,2-5H2,1H3. The van der Waals surface area contributed by atoms with Crippen molar-refractivity contribution in [2.24, 2.45) is 0 Å². The molecule has 106 valence electrons. The predicted molar refractivity (Wildman–Crippen MR) is 79.4 cm³/mol. The van der Waals surface area contributed by atoms with Crippen LogP contribution in [0.25, 0.3) is 0 Å². The van der Waals surface area contributed by atoms with Crippen molar-refractivity contribution in [1.82, 2.24) is 0 Å². The van der Waals surface area contributed by atoms with E-state index in [0.717, 1.165) is 6.07 Å². The average Bonchev–Trinajstić information content (AvgIpc) is 2.87. The first-order valence-corrected chi connectivity index (χ1v) is 7.78. The molecule has 0 radical (unpaired) electrons. The largest absolute Gasteiger partial charge is 0.378 e. The van der Waals surface area contributed by atoms with Crippen LogP contribution < -0.4 is 5.32 Å². The van der Waals surface area contributed by atoms with Gasteiger partial charge in [-0.1, -0.05) is 0 Å². The Hall–Kier alpha value is -1.42. The second kappa shape index (κ2) is 5.52. The van der Waals surface area contributed by atoms with Crippen molar-refractivity contribution >= 4 is 17.0 Å². The van der Waals surface area contributed by atoms with E-state index in [2.05, 4.69) is 18.3 Å². The highest BCUT2D eigenvalue weighted by atomic mass is 32.1. The van der Waals surface area contributed by atoms with Crippen molar-refractivity contribution in [2.75, 3.05) is 5.32 Å². The lowest BCUT2D eigenvalue weighted by Gasteiger charge is -2.13. The quantitative estimate of drug-likeness (QED) is 0.832. The van der Waals surface area contributed by atoms with Crippen molar-refractivity contribution in [3.63, 3.8) is 0 Å². The van der Waals surface area contributed by atoms with E-state index in [4.69, 9.17) is 0 Å². The van der Waals surface area contributed by atoms with E-state index >= 15 is 0 Å². The smallest absolute Gasteiger partial charge is 0.160 e. The molecule has 0 saturated carbocycles. The number of aryl methyl sites for hydroxylation is 2. The molecule has 0 saturated heterocycles. The number of halogens is 2. The van der Waals surface area contributed by atoms with Gasteiger partial charge >= 0.3 is 0 Å². The zero-order valence-corrected chi connectivity index (χ0v) is 12.2. The molecule has 1 atom stereocenters. The van der Waals surface area contributed by atoms with Crippen molar-refractivity contribution in [2.45, 2.75) is 38.6 Å². The molecule has 2 aromatic rings. The summed E-state index contributed by atoms with van der Waals surface area (Å²) in [7, 11) is 0. The molecule has 1 aliphatic rings. The molecular formula is C16H17F2NS. The van der Waals surface area contributed by atoms with Gasteiger partial charge < -0.3 is 5.32 Å². The van der Waals surface area contributed by atoms with Crippen LogP contribution in [0.2, 0.25) is 0 Å². The van der Waals surface area contributed by atoms with Crippen LogP contribution in [-0.2, 0) is 12.8 Å². The molecule has 1 nitrogen and oxygen atoms in total. The zero-order valence-electron chi connectivity index (χ0n) is 11.4. The van der Waals surface area contributed by atoms with Gasteiger partial charge in [-0.15, -0.1) is 11.3 Å². The van der Waals surface area contributed by atoms with Crippen LogP contribution >= 0.6 is 11.3 Å². The summed E-state index contributed by atoms with van der Waals surface area (Å²) >= 11 is 1.84. The van der Waals surface area contributed by atoms with E-state index in [9.17, 15) is 8.78 Å². The predicted octanol–water partition coefficient (Wildman–Crippen LogP) is 5.08. The Balaban J connectivity index is 1.76. The second-order valence-corrected chi connectivity index (χ2v) is 6.47. The molecule has 3 rings (SSSR count). The first kappa shape index (κ1) is 13.6. The highest BCUT2D eigenvalue weighted by molar-refractivity contribution is 7.12. The van der Waals surface area contributed by atoms with Crippen LogP contribution in [0.3, 0.4) is 0 Å². The molecule has 0 amide bonds. The molecule has 1 N–H and O–H groups in total. The van der Waals surface area contributed by atoms with Gasteiger partial charge in [-0.05, 0) is 56.4 Å². The van der Waals surface area contributed by atoms with Gasteiger partial charge in [-0.3, -0.25) is 0 Å². The Bertz CT molecular complexity index is 597. The Morgan fingerprint density at radius 3 is 2.65 bits per heavy atom. The minimum atomic E-state index is -0.812. The van der Waals surface area contributed by atoms with E-state index in [0.29, 0.717) is 5.69 Å². The molecule has 1 heterocycles. The van der Waals surface area contributed by atoms with Crippen LogP contribution in [0.5, 0.6) is 0 Å². The maximum atomic E-state index is 13.2. The minimum Gasteiger partial charge on any atom is -0.378 e. The SMILES string of the molecule is CC(Nc1ccc(F)c(F)c1)c1cc2c(s1)CCCC2. The summed E-state index contributed by atoms with van der Waals surface area (Å²) in [6.07, 6.45) is 4.90. The number of thiophene rings is 1. The number of fused-ring (bicyclic) bond motifs is 1. The highest BCUT2D eigenvalue weighted by Crippen LogP contribution is 2.34. The monoisotopic (exact) mass is 293 g/mol. The number of hydrogen-bond donors (Lipinski definition) is 1. The Morgan fingerprint density at radius 2 is 1.90 bits per heavy atom. The Morgan fingerprint density at radius 1 is 1.10 bits per heavy atom. The zero-order chi connectivity index (χ0) is 14.1. The minimum absolute atomic E-state index is 0.107. The topological polar surface area (TPSA) is 12.0 Å². The molecule has 0 aliphatic heterocycles. The van der Waals surface area contributed by atoms with Crippen LogP contribution in [-0.4, -0.2) is 0 Å². The van der Waals surface area contributed by atoms with E-state index in [1.807, 2.05) is 11.3 Å². The van der Waals surface area contributed by atoms with Crippen LogP contribution in [0.4, 0.5) is 14.5 Å². The lowest BCUT2D eigenvalue weighted by Crippen LogP contribution is -2.05. The summed E-state index contributed by atoms with van der Waals surface area (Å²) in [5, 5.41) is 3.24. The van der Waals surface area contributed by atoms with E-state index in [1.54, 1.807) is 6.07 Å². The van der Waals surface area contributed by atoms with Gasteiger partial charge in [-0.25, -0.2) is 8.78 Å². The van der Waals surface area contributed by atoms with Crippen LogP contribution in [0.15, 0.2) is 24.3 Å². The molecule has 0 fully saturated rings. The summed E-state index contributed by atoms with van der Waals surface area (Å²) in [6.45, 7) is 2.05. The third kappa shape index (κ3) is 2.70. The van der Waals surface area contributed by atoms with E-state index < -0.39 is 11.6 Å². The van der Waals surface area contributed by atoms with Crippen molar-refractivity contribution in [3.8, 4) is 0 Å². The highest BCUT2D eigenvalue weighted by Gasteiger charge is 2.16. The number of anilines is 1. The van der Waals surface area contributed by atoms with Gasteiger partial charge in [0.2, 0.25) is 0 Å². The normalized spacial score (nSPS) is 15.8. The van der Waals surface area contributed by atoms with Crippen LogP contribution in [0.1, 0.15) is 41.1 Å². The number of rotatable bonds is 3. The van der Waals surface area contributed by atoms with Gasteiger partial charge in [0.15, 0.2) is 11.6 Å². The average molecular weight is 293 g/mol. The molecule has 1 aromatic heterocycles. The summed E-state index contributed by atoms with van der Waals surface area (Å²) < 4.78 is 26.1. The van der Waals surface area contributed by atoms with Gasteiger partial charge in [0, 0.05) is 21.5 Å². The summed E-state index contributed by atoms with van der Waals surface area (Å²) in [5.41, 5.74) is 2.08. The molecule has 0 bridgehead atoms. The summed E-state index contributed by atoms with van der Waals surface area (Å²) in [5.74, 6) is -1.62. The first-order valence-electron chi connectivity index (χ1n) is 6.96. The fraction of sp³-hybridized carbons (Fsp3) is 0.375. The molecule has 1 unspecified atom stereocenters. The molecule has 4 heteroatoms. The summed E-state index contributed by atoms with van der Waals surface area (Å²) in [4.78, 5) is 2.76. The lowest BCUT2D eigenvalue weighted by molar-refractivity contribution is 0.509. The fourth-order valence-electron chi connectivity index (χ4n) is 2.63. The first-order chi connectivity index (χ1) is 9.63. The summed E-state index contributed by atoms with van der Waals surface area (Å²) in [6, 6.07) is 6.30. The molecule has 1 aromatic carbocycles. The lowest BCUT2D eigenvalue weighted by atomic mass is 9.99. The number of hydrogen-bond acceptors (Lipinski definition) is 2. The van der Waals surface area contributed by atoms with Crippen molar-refractivity contribution in [1.29, 1.82) is 0 Å². The van der Waals surface area contributed by atoms with Crippen LogP contribution in [0, 0.1) is 11.6 Å². The maximum absolute atomic E-state index is 13.2. The molecule has 20 heavy (non-hydrogen) atoms. The Labute approximate surface area is 121 Å². The second-order valence-electron chi connectivity index (χ2n) is 5.30. The van der Waals surface area contributed by atoms with Gasteiger partial charge in [0.1, 0.15) is 0 Å². The van der Waals surface area contributed by atoms with Crippen molar-refractivity contribution in [3.05, 3.63) is 51.2 Å². The fourth-order valence-corrected chi connectivity index (χ4v) is 3.89. The molecular weight excluding hydrogens is 276 g/mol. The van der Waals surface area contributed by atoms with Gasteiger partial charge in [-0.2, -0.15) is 0 Å². The maximum Gasteiger partial charge on any atom is 0.160 e. The number of nitrogens with one attached hydrogen (secondary N) is 1. The molecule has 1 aliphatic carbocycles. The number of benzene rings is 1. The van der Waals surface area contributed by atoms with E-state index in [1.165, 1.54) is 47.1 Å². The molecule has 0 spiro atoms. The third-order valence-electron chi connectivity index (χ3n) is 3.75. The van der Waals surface area contributed by atoms with Gasteiger partial charge in [0.25, 0.3) is 0 Å².